The fourth-order valence-corrected chi connectivity index (χ4v) is 3.84. The van der Waals surface area contributed by atoms with Crippen molar-refractivity contribution in [1.82, 2.24) is 4.72 Å². The van der Waals surface area contributed by atoms with E-state index >= 15 is 0 Å². The van der Waals surface area contributed by atoms with Gasteiger partial charge in [-0.25, -0.2) is 17.5 Å². The van der Waals surface area contributed by atoms with E-state index in [0.717, 1.165) is 18.2 Å². The number of aliphatic hydroxyl groups is 2. The van der Waals surface area contributed by atoms with E-state index in [-0.39, 0.29) is 5.56 Å². The number of sulfonamides is 1. The van der Waals surface area contributed by atoms with Crippen LogP contribution in [0.2, 0.25) is 0 Å². The van der Waals surface area contributed by atoms with Gasteiger partial charge in [-0.3, -0.25) is 10.1 Å². The van der Waals surface area contributed by atoms with Crippen LogP contribution in [-0.4, -0.2) is 36.7 Å². The Labute approximate surface area is 156 Å². The largest absolute Gasteiger partial charge is 0.393 e. The van der Waals surface area contributed by atoms with Gasteiger partial charge < -0.3 is 10.2 Å². The van der Waals surface area contributed by atoms with Gasteiger partial charge >= 0.3 is 0 Å². The van der Waals surface area contributed by atoms with Crippen molar-refractivity contribution in [2.24, 2.45) is 0 Å². The van der Waals surface area contributed by atoms with Crippen molar-refractivity contribution < 1.29 is 27.9 Å². The van der Waals surface area contributed by atoms with Crippen LogP contribution in [-0.2, 0) is 15.6 Å². The Kier molecular flexibility index (Phi) is 6.09. The number of nitrogens with zero attached hydrogens (tertiary/aromatic N) is 1. The number of hydrogen-bond donors (Lipinski definition) is 3. The van der Waals surface area contributed by atoms with E-state index < -0.39 is 50.1 Å². The second kappa shape index (κ2) is 7.76. The lowest BCUT2D eigenvalue weighted by atomic mass is 9.94. The molecule has 0 fully saturated rings. The molecule has 11 heteroatoms. The standard InChI is InChI=1S/C15H14BrFN2O6S/c16-10-5-6-12(17)11(7-10)15(21,9-20)8-18-26(24,25)14-4-2-1-3-13(14)19(22)23/h1-7,18,20-21H,8-9H2. The van der Waals surface area contributed by atoms with Crippen LogP contribution in [0.5, 0.6) is 0 Å². The zero-order valence-corrected chi connectivity index (χ0v) is 15.5. The quantitative estimate of drug-likeness (QED) is 0.436. The predicted molar refractivity (Wildman–Crippen MR) is 93.4 cm³/mol. The highest BCUT2D eigenvalue weighted by atomic mass is 79.9. The molecule has 0 radical (unpaired) electrons. The molecule has 26 heavy (non-hydrogen) atoms. The molecule has 3 N–H and O–H groups in total. The maximum atomic E-state index is 14.0. The number of aliphatic hydroxyl groups excluding tert-OH is 1. The molecular weight excluding hydrogens is 435 g/mol. The van der Waals surface area contributed by atoms with Gasteiger partial charge in [0.2, 0.25) is 10.0 Å². The van der Waals surface area contributed by atoms with Gasteiger partial charge in [0.15, 0.2) is 4.90 Å². The summed E-state index contributed by atoms with van der Waals surface area (Å²) >= 11 is 3.10. The predicted octanol–water partition coefficient (Wildman–Crippen LogP) is 1.65. The van der Waals surface area contributed by atoms with Gasteiger partial charge in [0, 0.05) is 22.6 Å². The van der Waals surface area contributed by atoms with E-state index in [0.29, 0.717) is 4.47 Å². The maximum Gasteiger partial charge on any atom is 0.289 e. The van der Waals surface area contributed by atoms with Crippen LogP contribution in [0.3, 0.4) is 0 Å². The molecule has 2 aromatic carbocycles. The monoisotopic (exact) mass is 448 g/mol. The summed E-state index contributed by atoms with van der Waals surface area (Å²) in [5.41, 5.74) is -3.26. The molecule has 0 aliphatic rings. The third kappa shape index (κ3) is 4.24. The van der Waals surface area contributed by atoms with Crippen LogP contribution in [0.4, 0.5) is 10.1 Å². The van der Waals surface area contributed by atoms with Gasteiger partial charge in [0.1, 0.15) is 11.4 Å². The summed E-state index contributed by atoms with van der Waals surface area (Å²) in [5, 5.41) is 31.0. The molecule has 0 heterocycles. The highest BCUT2D eigenvalue weighted by Crippen LogP contribution is 2.28. The first-order valence-electron chi connectivity index (χ1n) is 7.12. The van der Waals surface area contributed by atoms with Gasteiger partial charge in [-0.15, -0.1) is 0 Å². The second-order valence-corrected chi connectivity index (χ2v) is 8.01. The summed E-state index contributed by atoms with van der Waals surface area (Å²) in [6, 6.07) is 8.25. The van der Waals surface area contributed by atoms with Crippen LogP contribution in [0.1, 0.15) is 5.56 Å². The van der Waals surface area contributed by atoms with Gasteiger partial charge in [-0.05, 0) is 24.3 Å². The molecule has 0 saturated heterocycles. The van der Waals surface area contributed by atoms with Gasteiger partial charge in [-0.1, -0.05) is 28.1 Å². The molecule has 0 aliphatic heterocycles. The molecule has 1 atom stereocenters. The highest BCUT2D eigenvalue weighted by Gasteiger charge is 2.35. The molecule has 140 valence electrons. The average Bonchev–Trinajstić information content (AvgIpc) is 2.61. The molecule has 8 nitrogen and oxygen atoms in total. The summed E-state index contributed by atoms with van der Waals surface area (Å²) in [5.74, 6) is -0.852. The third-order valence-electron chi connectivity index (χ3n) is 3.60. The number of rotatable bonds is 7. The number of halogens is 2. The Balaban J connectivity index is 2.36. The zero-order chi connectivity index (χ0) is 19.5. The van der Waals surface area contributed by atoms with Crippen molar-refractivity contribution in [3.8, 4) is 0 Å². The number of nitro benzene ring substituents is 1. The Hall–Kier alpha value is -1.92. The van der Waals surface area contributed by atoms with Gasteiger partial charge in [0.25, 0.3) is 5.69 Å². The van der Waals surface area contributed by atoms with E-state index in [4.69, 9.17) is 0 Å². The second-order valence-electron chi connectivity index (χ2n) is 5.36. The van der Waals surface area contributed by atoms with Crippen molar-refractivity contribution >= 4 is 31.6 Å². The first-order chi connectivity index (χ1) is 12.1. The van der Waals surface area contributed by atoms with Crippen molar-refractivity contribution in [2.75, 3.05) is 13.2 Å². The summed E-state index contributed by atoms with van der Waals surface area (Å²) in [6.07, 6.45) is 0. The zero-order valence-electron chi connectivity index (χ0n) is 13.1. The molecule has 0 amide bonds. The van der Waals surface area contributed by atoms with Gasteiger partial charge in [0.05, 0.1) is 11.5 Å². The van der Waals surface area contributed by atoms with Crippen molar-refractivity contribution in [2.45, 2.75) is 10.5 Å². The normalized spacial score (nSPS) is 14.0. The summed E-state index contributed by atoms with van der Waals surface area (Å²) in [7, 11) is -4.41. The smallest absolute Gasteiger partial charge is 0.289 e. The summed E-state index contributed by atoms with van der Waals surface area (Å²) in [6.45, 7) is -1.79. The SMILES string of the molecule is O=[N+]([O-])c1ccccc1S(=O)(=O)NCC(O)(CO)c1cc(Br)ccc1F. The molecule has 1 unspecified atom stereocenters. The number of para-hydroxylation sites is 1. The Morgan fingerprint density at radius 2 is 1.92 bits per heavy atom. The average molecular weight is 449 g/mol. The van der Waals surface area contributed by atoms with Gasteiger partial charge in [-0.2, -0.15) is 0 Å². The van der Waals surface area contributed by atoms with E-state index in [9.17, 15) is 33.1 Å². The Bertz CT molecular complexity index is 939. The van der Waals surface area contributed by atoms with E-state index in [1.807, 2.05) is 4.72 Å². The first-order valence-corrected chi connectivity index (χ1v) is 9.40. The summed E-state index contributed by atoms with van der Waals surface area (Å²) < 4.78 is 41.2. The van der Waals surface area contributed by atoms with Crippen molar-refractivity contribution in [1.29, 1.82) is 0 Å². The number of nitrogens with one attached hydrogen (secondary N) is 1. The third-order valence-corrected chi connectivity index (χ3v) is 5.54. The van der Waals surface area contributed by atoms with E-state index in [1.165, 1.54) is 24.3 Å². The minimum absolute atomic E-state index is 0.334. The molecule has 0 aromatic heterocycles. The molecule has 2 rings (SSSR count). The van der Waals surface area contributed by atoms with Crippen LogP contribution >= 0.6 is 15.9 Å². The molecule has 0 bridgehead atoms. The summed E-state index contributed by atoms with van der Waals surface area (Å²) in [4.78, 5) is 9.53. The van der Waals surface area contributed by atoms with E-state index in [2.05, 4.69) is 15.9 Å². The maximum absolute atomic E-state index is 14.0. The fourth-order valence-electron chi connectivity index (χ4n) is 2.22. The molecule has 2 aromatic rings. The number of nitro groups is 1. The molecule has 0 spiro atoms. The number of hydrogen-bond acceptors (Lipinski definition) is 6. The minimum atomic E-state index is -4.41. The lowest BCUT2D eigenvalue weighted by molar-refractivity contribution is -0.387. The van der Waals surface area contributed by atoms with Crippen molar-refractivity contribution in [3.63, 3.8) is 0 Å². The van der Waals surface area contributed by atoms with Crippen LogP contribution < -0.4 is 4.72 Å². The topological polar surface area (TPSA) is 130 Å². The fraction of sp³-hybridized carbons (Fsp3) is 0.200. The lowest BCUT2D eigenvalue weighted by Gasteiger charge is -2.27. The first kappa shape index (κ1) is 20.4. The van der Waals surface area contributed by atoms with Crippen molar-refractivity contribution in [3.05, 3.63) is 68.4 Å². The Morgan fingerprint density at radius 3 is 2.54 bits per heavy atom. The van der Waals surface area contributed by atoms with E-state index in [1.54, 1.807) is 0 Å². The van der Waals surface area contributed by atoms with Crippen LogP contribution in [0, 0.1) is 15.9 Å². The molecule has 0 saturated carbocycles. The molecule has 0 aliphatic carbocycles. The lowest BCUT2D eigenvalue weighted by Crippen LogP contribution is -2.44. The van der Waals surface area contributed by atoms with Crippen LogP contribution in [0.25, 0.3) is 0 Å². The molecular formula is C15H14BrFN2O6S. The highest BCUT2D eigenvalue weighted by molar-refractivity contribution is 9.10. The number of benzene rings is 2. The van der Waals surface area contributed by atoms with Crippen LogP contribution in [0.15, 0.2) is 51.8 Å². The minimum Gasteiger partial charge on any atom is -0.393 e. The Morgan fingerprint density at radius 1 is 1.27 bits per heavy atom.